The second-order valence-electron chi connectivity index (χ2n) is 5.57. The number of halogens is 1. The minimum Gasteiger partial charge on any atom is -0.320 e. The molecule has 3 amide bonds. The van der Waals surface area contributed by atoms with Crippen molar-refractivity contribution in [3.05, 3.63) is 69.2 Å². The second kappa shape index (κ2) is 9.51. The van der Waals surface area contributed by atoms with E-state index in [0.717, 1.165) is 0 Å². The molecular weight excluding hydrogens is 376 g/mol. The lowest BCUT2D eigenvalue weighted by Gasteiger charge is -2.23. The Hall–Kier alpha value is -3.17. The van der Waals surface area contributed by atoms with E-state index in [1.54, 1.807) is 24.3 Å². The number of nitro groups is 1. The van der Waals surface area contributed by atoms with Crippen molar-refractivity contribution in [1.82, 2.24) is 10.4 Å². The third-order valence-electron chi connectivity index (χ3n) is 3.64. The zero-order valence-electron chi connectivity index (χ0n) is 14.1. The number of non-ortho nitro benzene ring substituents is 1. The second-order valence-corrected chi connectivity index (χ2v) is 6.00. The van der Waals surface area contributed by atoms with E-state index >= 15 is 0 Å². The number of urea groups is 1. The highest BCUT2D eigenvalue weighted by Gasteiger charge is 2.16. The van der Waals surface area contributed by atoms with Crippen molar-refractivity contribution in [2.45, 2.75) is 13.0 Å². The molecule has 2 rings (SSSR count). The Kier molecular flexibility index (Phi) is 7.09. The Labute approximate surface area is 159 Å². The van der Waals surface area contributed by atoms with Gasteiger partial charge < -0.3 is 10.2 Å². The molecule has 0 spiro atoms. The van der Waals surface area contributed by atoms with Gasteiger partial charge in [-0.3, -0.25) is 20.1 Å². The largest absolute Gasteiger partial charge is 0.322 e. The van der Waals surface area contributed by atoms with Gasteiger partial charge >= 0.3 is 6.03 Å². The molecule has 0 heterocycles. The maximum absolute atomic E-state index is 12.6. The lowest BCUT2D eigenvalue weighted by molar-refractivity contribution is -0.384. The van der Waals surface area contributed by atoms with Crippen LogP contribution in [0.25, 0.3) is 0 Å². The first-order valence-electron chi connectivity index (χ1n) is 7.87. The number of carbonyl (C=O) groups excluding carboxylic acids is 2. The first kappa shape index (κ1) is 20.1. The number of nitrogens with zero attached hydrogens (tertiary/aromatic N) is 2. The van der Waals surface area contributed by atoms with Crippen molar-refractivity contribution in [2.24, 2.45) is 0 Å². The molecular formula is C17H17ClN4O5. The van der Waals surface area contributed by atoms with E-state index in [9.17, 15) is 19.7 Å². The quantitative estimate of drug-likeness (QED) is 0.379. The number of hydrogen-bond donors (Lipinski definition) is 3. The number of anilines is 1. The highest BCUT2D eigenvalue weighted by atomic mass is 35.5. The van der Waals surface area contributed by atoms with E-state index in [1.807, 2.05) is 0 Å². The molecule has 0 aliphatic rings. The molecule has 0 aliphatic carbocycles. The molecule has 0 radical (unpaired) electrons. The molecule has 0 saturated carbocycles. The van der Waals surface area contributed by atoms with Crippen LogP contribution in [0.2, 0.25) is 5.02 Å². The minimum absolute atomic E-state index is 0.0306. The summed E-state index contributed by atoms with van der Waals surface area (Å²) in [5.74, 6) is -0.636. The number of rotatable bonds is 7. The van der Waals surface area contributed by atoms with E-state index in [0.29, 0.717) is 16.3 Å². The number of benzene rings is 2. The van der Waals surface area contributed by atoms with Crippen LogP contribution in [0.4, 0.5) is 16.2 Å². The van der Waals surface area contributed by atoms with Crippen molar-refractivity contribution in [1.29, 1.82) is 0 Å². The van der Waals surface area contributed by atoms with Gasteiger partial charge in [0.05, 0.1) is 4.92 Å². The van der Waals surface area contributed by atoms with Gasteiger partial charge in [-0.15, -0.1) is 0 Å². The minimum atomic E-state index is -0.636. The summed E-state index contributed by atoms with van der Waals surface area (Å²) in [5.41, 5.74) is 2.62. The number of carbonyl (C=O) groups is 2. The standard InChI is InChI=1S/C17H17ClN4O5/c18-13-3-5-14(6-4-13)19-17(24)21(10-9-16(23)20-25)11-12-1-7-15(8-2-12)22(26)27/h1-8,25H,9-11H2,(H,19,24)(H,20,23). The smallest absolute Gasteiger partial charge is 0.320 e. The molecule has 2 aromatic rings. The summed E-state index contributed by atoms with van der Waals surface area (Å²) in [6.07, 6.45) is -0.114. The molecule has 0 atom stereocenters. The third-order valence-corrected chi connectivity index (χ3v) is 3.89. The molecule has 0 bridgehead atoms. The fraction of sp³-hybridized carbons (Fsp3) is 0.176. The summed E-state index contributed by atoms with van der Waals surface area (Å²) in [6, 6.07) is 11.8. The van der Waals surface area contributed by atoms with Crippen LogP contribution in [0, 0.1) is 10.1 Å². The molecule has 0 fully saturated rings. The fourth-order valence-corrected chi connectivity index (χ4v) is 2.35. The van der Waals surface area contributed by atoms with Crippen LogP contribution in [-0.2, 0) is 11.3 Å². The van der Waals surface area contributed by atoms with E-state index < -0.39 is 16.9 Å². The maximum Gasteiger partial charge on any atom is 0.322 e. The summed E-state index contributed by atoms with van der Waals surface area (Å²) in [6.45, 7) is 0.152. The average Bonchev–Trinajstić information content (AvgIpc) is 2.66. The lowest BCUT2D eigenvalue weighted by atomic mass is 10.2. The SMILES string of the molecule is O=C(CCN(Cc1ccc([N+](=O)[O-])cc1)C(=O)Nc1ccc(Cl)cc1)NO. The van der Waals surface area contributed by atoms with Crippen molar-refractivity contribution in [3.8, 4) is 0 Å². The predicted octanol–water partition coefficient (Wildman–Crippen LogP) is 3.18. The Morgan fingerprint density at radius 2 is 1.74 bits per heavy atom. The van der Waals surface area contributed by atoms with Crippen molar-refractivity contribution >= 4 is 34.9 Å². The predicted molar refractivity (Wildman–Crippen MR) is 98.5 cm³/mol. The summed E-state index contributed by atoms with van der Waals surface area (Å²) < 4.78 is 0. The Morgan fingerprint density at radius 3 is 2.30 bits per heavy atom. The van der Waals surface area contributed by atoms with Gasteiger partial charge in [0.15, 0.2) is 0 Å². The monoisotopic (exact) mass is 392 g/mol. The van der Waals surface area contributed by atoms with Crippen LogP contribution in [0.3, 0.4) is 0 Å². The van der Waals surface area contributed by atoms with E-state index in [-0.39, 0.29) is 25.2 Å². The summed E-state index contributed by atoms with van der Waals surface area (Å²) >= 11 is 5.81. The summed E-state index contributed by atoms with van der Waals surface area (Å²) in [4.78, 5) is 35.4. The van der Waals surface area contributed by atoms with Gasteiger partial charge in [0.1, 0.15) is 0 Å². The molecule has 2 aromatic carbocycles. The van der Waals surface area contributed by atoms with Gasteiger partial charge in [-0.1, -0.05) is 23.7 Å². The Morgan fingerprint density at radius 1 is 1.11 bits per heavy atom. The summed E-state index contributed by atoms with van der Waals surface area (Å²) in [7, 11) is 0. The number of amides is 3. The first-order chi connectivity index (χ1) is 12.9. The van der Waals surface area contributed by atoms with E-state index in [2.05, 4.69) is 5.32 Å². The van der Waals surface area contributed by atoms with Crippen LogP contribution >= 0.6 is 11.6 Å². The Balaban J connectivity index is 2.11. The number of hydrogen-bond acceptors (Lipinski definition) is 5. The van der Waals surface area contributed by atoms with Gasteiger partial charge in [-0.05, 0) is 29.8 Å². The zero-order chi connectivity index (χ0) is 19.8. The molecule has 0 aromatic heterocycles. The van der Waals surface area contributed by atoms with Crippen LogP contribution < -0.4 is 10.8 Å². The molecule has 10 heteroatoms. The van der Waals surface area contributed by atoms with Gasteiger partial charge in [-0.25, -0.2) is 10.3 Å². The van der Waals surface area contributed by atoms with Crippen LogP contribution in [0.15, 0.2) is 48.5 Å². The van der Waals surface area contributed by atoms with Gasteiger partial charge in [0, 0.05) is 42.4 Å². The molecule has 27 heavy (non-hydrogen) atoms. The zero-order valence-corrected chi connectivity index (χ0v) is 14.8. The van der Waals surface area contributed by atoms with Crippen molar-refractivity contribution in [3.63, 3.8) is 0 Å². The maximum atomic E-state index is 12.6. The van der Waals surface area contributed by atoms with E-state index in [1.165, 1.54) is 34.6 Å². The fourth-order valence-electron chi connectivity index (χ4n) is 2.22. The number of nitrogens with one attached hydrogen (secondary N) is 2. The van der Waals surface area contributed by atoms with Crippen molar-refractivity contribution < 1.29 is 19.7 Å². The highest BCUT2D eigenvalue weighted by molar-refractivity contribution is 6.30. The van der Waals surface area contributed by atoms with Crippen LogP contribution in [0.1, 0.15) is 12.0 Å². The molecule has 0 saturated heterocycles. The lowest BCUT2D eigenvalue weighted by Crippen LogP contribution is -2.37. The van der Waals surface area contributed by atoms with Crippen LogP contribution in [0.5, 0.6) is 0 Å². The molecule has 3 N–H and O–H groups in total. The van der Waals surface area contributed by atoms with E-state index in [4.69, 9.17) is 16.8 Å². The van der Waals surface area contributed by atoms with Crippen LogP contribution in [-0.4, -0.2) is 33.5 Å². The van der Waals surface area contributed by atoms with Crippen molar-refractivity contribution in [2.75, 3.05) is 11.9 Å². The first-order valence-corrected chi connectivity index (χ1v) is 8.24. The van der Waals surface area contributed by atoms with Gasteiger partial charge in [0.25, 0.3) is 5.69 Å². The van der Waals surface area contributed by atoms with Gasteiger partial charge in [0.2, 0.25) is 5.91 Å². The van der Waals surface area contributed by atoms with Gasteiger partial charge in [-0.2, -0.15) is 0 Å². The third kappa shape index (κ3) is 6.24. The molecule has 0 aliphatic heterocycles. The Bertz CT molecular complexity index is 811. The molecule has 142 valence electrons. The molecule has 0 unspecified atom stereocenters. The number of nitro benzene ring substituents is 1. The summed E-state index contributed by atoms with van der Waals surface area (Å²) in [5, 5.41) is 22.6. The highest BCUT2D eigenvalue weighted by Crippen LogP contribution is 2.16. The normalized spacial score (nSPS) is 10.1. The number of hydroxylamine groups is 1. The topological polar surface area (TPSA) is 125 Å². The molecule has 9 nitrogen and oxygen atoms in total. The average molecular weight is 393 g/mol.